The van der Waals surface area contributed by atoms with Crippen molar-refractivity contribution < 1.29 is 0 Å². The number of anilines is 2. The predicted molar refractivity (Wildman–Crippen MR) is 84.2 cm³/mol. The summed E-state index contributed by atoms with van der Waals surface area (Å²) in [5.74, 6) is 0. The van der Waals surface area contributed by atoms with Crippen molar-refractivity contribution in [2.75, 3.05) is 10.6 Å². The van der Waals surface area contributed by atoms with Gasteiger partial charge in [0, 0.05) is 22.7 Å². The fraction of sp³-hybridized carbons (Fsp3) is 0.250. The van der Waals surface area contributed by atoms with Crippen LogP contribution in [0.2, 0.25) is 0 Å². The van der Waals surface area contributed by atoms with E-state index in [-0.39, 0.29) is 0 Å². The molecule has 98 valence electrons. The molecule has 1 aliphatic carbocycles. The van der Waals surface area contributed by atoms with Crippen molar-refractivity contribution in [2.24, 2.45) is 0 Å². The third kappa shape index (κ3) is 2.92. The van der Waals surface area contributed by atoms with E-state index in [0.29, 0.717) is 6.04 Å². The molecular weight excluding hydrogens is 300 g/mol. The van der Waals surface area contributed by atoms with E-state index in [1.54, 1.807) is 0 Å². The third-order valence-corrected chi connectivity index (χ3v) is 4.10. The molecule has 0 aliphatic heterocycles. The van der Waals surface area contributed by atoms with Crippen LogP contribution in [-0.2, 0) is 6.54 Å². The summed E-state index contributed by atoms with van der Waals surface area (Å²) in [6.45, 7) is 0.952. The highest BCUT2D eigenvalue weighted by Crippen LogP contribution is 2.37. The second kappa shape index (κ2) is 5.25. The van der Waals surface area contributed by atoms with Crippen molar-refractivity contribution >= 4 is 27.3 Å². The van der Waals surface area contributed by atoms with Crippen LogP contribution in [0.15, 0.2) is 53.0 Å². The molecule has 19 heavy (non-hydrogen) atoms. The van der Waals surface area contributed by atoms with Crippen LogP contribution in [0, 0.1) is 0 Å². The fourth-order valence-electron chi connectivity index (χ4n) is 2.33. The third-order valence-electron chi connectivity index (χ3n) is 3.46. The van der Waals surface area contributed by atoms with Crippen LogP contribution in [0.3, 0.4) is 0 Å². The van der Waals surface area contributed by atoms with E-state index in [4.69, 9.17) is 5.73 Å². The Labute approximate surface area is 122 Å². The molecule has 0 spiro atoms. The molecule has 3 heteroatoms. The summed E-state index contributed by atoms with van der Waals surface area (Å²) in [6, 6.07) is 17.3. The van der Waals surface area contributed by atoms with Crippen molar-refractivity contribution in [3.05, 3.63) is 58.6 Å². The topological polar surface area (TPSA) is 29.3 Å². The van der Waals surface area contributed by atoms with Crippen molar-refractivity contribution in [1.29, 1.82) is 0 Å². The molecule has 0 amide bonds. The number of benzene rings is 2. The largest absolute Gasteiger partial charge is 0.399 e. The average Bonchev–Trinajstić information content (AvgIpc) is 3.22. The van der Waals surface area contributed by atoms with Crippen LogP contribution in [0.4, 0.5) is 11.4 Å². The summed E-state index contributed by atoms with van der Waals surface area (Å²) in [6.07, 6.45) is 2.56. The number of nitrogens with zero attached hydrogens (tertiary/aromatic N) is 1. The van der Waals surface area contributed by atoms with Gasteiger partial charge in [0.1, 0.15) is 0 Å². The van der Waals surface area contributed by atoms with E-state index in [0.717, 1.165) is 16.7 Å². The van der Waals surface area contributed by atoms with Crippen molar-refractivity contribution in [1.82, 2.24) is 0 Å². The maximum Gasteiger partial charge on any atom is 0.0517 e. The van der Waals surface area contributed by atoms with Crippen LogP contribution in [0.1, 0.15) is 18.4 Å². The van der Waals surface area contributed by atoms with Gasteiger partial charge in [-0.1, -0.05) is 30.3 Å². The van der Waals surface area contributed by atoms with Gasteiger partial charge in [-0.3, -0.25) is 0 Å². The molecular formula is C16H17BrN2. The van der Waals surface area contributed by atoms with E-state index in [9.17, 15) is 0 Å². The predicted octanol–water partition coefficient (Wildman–Crippen LogP) is 4.20. The second-order valence-electron chi connectivity index (χ2n) is 5.06. The lowest BCUT2D eigenvalue weighted by atomic mass is 10.2. The average molecular weight is 317 g/mol. The van der Waals surface area contributed by atoms with Crippen molar-refractivity contribution in [2.45, 2.75) is 25.4 Å². The molecule has 1 aliphatic rings. The van der Waals surface area contributed by atoms with Gasteiger partial charge >= 0.3 is 0 Å². The Morgan fingerprint density at radius 2 is 1.84 bits per heavy atom. The van der Waals surface area contributed by atoms with Gasteiger partial charge in [-0.15, -0.1) is 0 Å². The summed E-state index contributed by atoms with van der Waals surface area (Å²) >= 11 is 3.64. The van der Waals surface area contributed by atoms with Crippen LogP contribution < -0.4 is 10.6 Å². The molecule has 1 saturated carbocycles. The lowest BCUT2D eigenvalue weighted by Gasteiger charge is -2.26. The SMILES string of the molecule is Nc1ccc(N(Cc2ccccc2)C2CC2)c(Br)c1. The highest BCUT2D eigenvalue weighted by Gasteiger charge is 2.30. The first-order chi connectivity index (χ1) is 9.24. The van der Waals surface area contributed by atoms with E-state index in [1.807, 2.05) is 12.1 Å². The molecule has 0 unspecified atom stereocenters. The molecule has 0 bridgehead atoms. The normalized spacial score (nSPS) is 14.4. The zero-order valence-electron chi connectivity index (χ0n) is 10.7. The van der Waals surface area contributed by atoms with Gasteiger partial charge in [-0.2, -0.15) is 0 Å². The summed E-state index contributed by atoms with van der Waals surface area (Å²) in [7, 11) is 0. The van der Waals surface area contributed by atoms with Crippen molar-refractivity contribution in [3.63, 3.8) is 0 Å². The van der Waals surface area contributed by atoms with Gasteiger partial charge in [0.15, 0.2) is 0 Å². The molecule has 3 rings (SSSR count). The monoisotopic (exact) mass is 316 g/mol. The zero-order valence-corrected chi connectivity index (χ0v) is 12.3. The number of hydrogen-bond donors (Lipinski definition) is 1. The minimum absolute atomic E-state index is 0.667. The number of halogens is 1. The Bertz CT molecular complexity index is 564. The summed E-state index contributed by atoms with van der Waals surface area (Å²) in [4.78, 5) is 2.47. The van der Waals surface area contributed by atoms with E-state index in [1.165, 1.54) is 24.1 Å². The Hall–Kier alpha value is -1.48. The Balaban J connectivity index is 1.89. The van der Waals surface area contributed by atoms with Crippen molar-refractivity contribution in [3.8, 4) is 0 Å². The van der Waals surface area contributed by atoms with Gasteiger partial charge in [0.25, 0.3) is 0 Å². The zero-order chi connectivity index (χ0) is 13.2. The number of hydrogen-bond acceptors (Lipinski definition) is 2. The number of rotatable bonds is 4. The summed E-state index contributed by atoms with van der Waals surface area (Å²) in [5.41, 5.74) is 9.20. The first-order valence-electron chi connectivity index (χ1n) is 6.59. The summed E-state index contributed by atoms with van der Waals surface area (Å²) in [5, 5.41) is 0. The molecule has 2 aromatic carbocycles. The molecule has 0 saturated heterocycles. The van der Waals surface area contributed by atoms with Crippen LogP contribution in [-0.4, -0.2) is 6.04 Å². The Morgan fingerprint density at radius 1 is 1.11 bits per heavy atom. The molecule has 0 aromatic heterocycles. The summed E-state index contributed by atoms with van der Waals surface area (Å²) < 4.78 is 1.08. The molecule has 0 radical (unpaired) electrons. The Kier molecular flexibility index (Phi) is 3.47. The maximum absolute atomic E-state index is 5.82. The molecule has 0 heterocycles. The van der Waals surface area contributed by atoms with E-state index >= 15 is 0 Å². The van der Waals surface area contributed by atoms with Gasteiger partial charge in [0.2, 0.25) is 0 Å². The Morgan fingerprint density at radius 3 is 2.47 bits per heavy atom. The number of nitrogens with two attached hydrogens (primary N) is 1. The molecule has 2 nitrogen and oxygen atoms in total. The first kappa shape index (κ1) is 12.5. The van der Waals surface area contributed by atoms with Gasteiger partial charge in [-0.05, 0) is 52.5 Å². The first-order valence-corrected chi connectivity index (χ1v) is 7.39. The molecule has 2 N–H and O–H groups in total. The lowest BCUT2D eigenvalue weighted by molar-refractivity contribution is 0.792. The minimum Gasteiger partial charge on any atom is -0.399 e. The number of nitrogen functional groups attached to an aromatic ring is 1. The standard InChI is InChI=1S/C16H17BrN2/c17-15-10-13(18)6-9-16(15)19(14-7-8-14)11-12-4-2-1-3-5-12/h1-6,9-10,14H,7-8,11,18H2. The van der Waals surface area contributed by atoms with E-state index in [2.05, 4.69) is 57.2 Å². The van der Waals surface area contributed by atoms with Gasteiger partial charge in [0.05, 0.1) is 5.69 Å². The quantitative estimate of drug-likeness (QED) is 0.856. The van der Waals surface area contributed by atoms with Crippen LogP contribution in [0.5, 0.6) is 0 Å². The fourth-order valence-corrected chi connectivity index (χ4v) is 2.96. The van der Waals surface area contributed by atoms with Crippen LogP contribution >= 0.6 is 15.9 Å². The van der Waals surface area contributed by atoms with Gasteiger partial charge in [-0.25, -0.2) is 0 Å². The lowest BCUT2D eigenvalue weighted by Crippen LogP contribution is -2.25. The molecule has 1 fully saturated rings. The van der Waals surface area contributed by atoms with E-state index < -0.39 is 0 Å². The molecule has 0 atom stereocenters. The smallest absolute Gasteiger partial charge is 0.0517 e. The minimum atomic E-state index is 0.667. The highest BCUT2D eigenvalue weighted by atomic mass is 79.9. The highest BCUT2D eigenvalue weighted by molar-refractivity contribution is 9.10. The maximum atomic E-state index is 5.82. The second-order valence-corrected chi connectivity index (χ2v) is 5.91. The van der Waals surface area contributed by atoms with Gasteiger partial charge < -0.3 is 10.6 Å². The van der Waals surface area contributed by atoms with Crippen LogP contribution in [0.25, 0.3) is 0 Å². The molecule has 2 aromatic rings.